The van der Waals surface area contributed by atoms with Crippen LogP contribution in [0.25, 0.3) is 6.08 Å². The first-order chi connectivity index (χ1) is 9.64. The highest BCUT2D eigenvalue weighted by Crippen LogP contribution is 2.37. The van der Waals surface area contributed by atoms with E-state index in [9.17, 15) is 9.90 Å². The number of hydrogen-bond acceptors (Lipinski definition) is 5. The molecule has 0 saturated carbocycles. The summed E-state index contributed by atoms with van der Waals surface area (Å²) in [6.45, 7) is 7.73. The molecule has 2 N–H and O–H groups in total. The largest absolute Gasteiger partial charge is 0.505 e. The van der Waals surface area contributed by atoms with Crippen molar-refractivity contribution in [2.24, 2.45) is 0 Å². The average molecular weight is 291 g/mol. The molecule has 1 saturated heterocycles. The zero-order chi connectivity index (χ0) is 15.8. The molecule has 0 aliphatic carbocycles. The van der Waals surface area contributed by atoms with Gasteiger partial charge in [-0.2, -0.15) is 0 Å². The first-order valence-corrected chi connectivity index (χ1v) is 6.59. The lowest BCUT2D eigenvalue weighted by molar-refractivity contribution is 0.00578. The Balaban J connectivity index is 2.20. The SMILES string of the molecule is CC1(C)OB(/C=C/c2nccc(C(=O)O)c2O)OC1(C)C. The van der Waals surface area contributed by atoms with Gasteiger partial charge in [-0.3, -0.25) is 4.98 Å². The highest BCUT2D eigenvalue weighted by atomic mass is 16.7. The van der Waals surface area contributed by atoms with Crippen molar-refractivity contribution >= 4 is 19.2 Å². The third-order valence-electron chi connectivity index (χ3n) is 3.87. The molecule has 1 fully saturated rings. The summed E-state index contributed by atoms with van der Waals surface area (Å²) in [4.78, 5) is 14.9. The van der Waals surface area contributed by atoms with Crippen LogP contribution in [0.5, 0.6) is 5.75 Å². The molecule has 2 heterocycles. The van der Waals surface area contributed by atoms with Crippen molar-refractivity contribution in [3.05, 3.63) is 29.5 Å². The molecule has 0 spiro atoms. The van der Waals surface area contributed by atoms with Crippen LogP contribution in [0.1, 0.15) is 43.7 Å². The molecule has 6 nitrogen and oxygen atoms in total. The number of rotatable bonds is 3. The van der Waals surface area contributed by atoms with E-state index < -0.39 is 24.3 Å². The quantitative estimate of drug-likeness (QED) is 0.829. The van der Waals surface area contributed by atoms with E-state index in [0.29, 0.717) is 0 Å². The van der Waals surface area contributed by atoms with Crippen molar-refractivity contribution in [2.45, 2.75) is 38.9 Å². The normalized spacial score (nSPS) is 20.1. The number of aromatic nitrogens is 1. The maximum absolute atomic E-state index is 10.9. The lowest BCUT2D eigenvalue weighted by atomic mass is 9.89. The summed E-state index contributed by atoms with van der Waals surface area (Å²) in [6, 6.07) is 1.24. The summed E-state index contributed by atoms with van der Waals surface area (Å²) >= 11 is 0. The van der Waals surface area contributed by atoms with Crippen molar-refractivity contribution in [1.82, 2.24) is 4.98 Å². The van der Waals surface area contributed by atoms with Crippen LogP contribution in [-0.4, -0.2) is 39.5 Å². The molecule has 1 aromatic heterocycles. The summed E-state index contributed by atoms with van der Waals surface area (Å²) in [6.07, 6.45) is 2.82. The number of hydrogen-bond donors (Lipinski definition) is 2. The second kappa shape index (κ2) is 5.16. The van der Waals surface area contributed by atoms with Crippen LogP contribution in [0.2, 0.25) is 0 Å². The molecule has 112 valence electrons. The minimum Gasteiger partial charge on any atom is -0.505 e. The van der Waals surface area contributed by atoms with Crippen molar-refractivity contribution in [3.8, 4) is 5.75 Å². The van der Waals surface area contributed by atoms with Gasteiger partial charge in [-0.05, 0) is 39.8 Å². The number of carboxylic acids is 1. The Morgan fingerprint density at radius 3 is 2.38 bits per heavy atom. The third kappa shape index (κ3) is 2.93. The van der Waals surface area contributed by atoms with Crippen molar-refractivity contribution in [3.63, 3.8) is 0 Å². The van der Waals surface area contributed by atoms with Gasteiger partial charge in [-0.15, -0.1) is 0 Å². The average Bonchev–Trinajstić information content (AvgIpc) is 2.56. The molecule has 7 heteroatoms. The first kappa shape index (κ1) is 15.5. The fourth-order valence-corrected chi connectivity index (χ4v) is 1.90. The van der Waals surface area contributed by atoms with E-state index in [1.807, 2.05) is 27.7 Å². The lowest BCUT2D eigenvalue weighted by Gasteiger charge is -2.32. The second-order valence-electron chi connectivity index (χ2n) is 5.88. The smallest absolute Gasteiger partial charge is 0.487 e. The molecule has 1 aromatic rings. The van der Waals surface area contributed by atoms with Gasteiger partial charge in [0.2, 0.25) is 0 Å². The van der Waals surface area contributed by atoms with Gasteiger partial charge < -0.3 is 19.5 Å². The molecule has 1 aliphatic rings. The Kier molecular flexibility index (Phi) is 3.82. The number of pyridine rings is 1. The molecule has 0 atom stereocenters. The van der Waals surface area contributed by atoms with Crippen LogP contribution < -0.4 is 0 Å². The van der Waals surface area contributed by atoms with Gasteiger partial charge in [0.05, 0.1) is 11.2 Å². The van der Waals surface area contributed by atoms with Crippen molar-refractivity contribution < 1.29 is 24.3 Å². The van der Waals surface area contributed by atoms with E-state index in [4.69, 9.17) is 14.4 Å². The molecule has 0 amide bonds. The fraction of sp³-hybridized carbons (Fsp3) is 0.429. The van der Waals surface area contributed by atoms with Crippen LogP contribution >= 0.6 is 0 Å². The minimum atomic E-state index is -1.21. The number of carbonyl (C=O) groups is 1. The number of nitrogens with zero attached hydrogens (tertiary/aromatic N) is 1. The minimum absolute atomic E-state index is 0.157. The Hall–Kier alpha value is -1.86. The van der Waals surface area contributed by atoms with Crippen molar-refractivity contribution in [2.75, 3.05) is 0 Å². The Morgan fingerprint density at radius 1 is 1.29 bits per heavy atom. The Labute approximate surface area is 123 Å². The van der Waals surface area contributed by atoms with E-state index in [2.05, 4.69) is 4.98 Å². The summed E-state index contributed by atoms with van der Waals surface area (Å²) in [5.41, 5.74) is -0.955. The summed E-state index contributed by atoms with van der Waals surface area (Å²) in [5, 5.41) is 18.8. The van der Waals surface area contributed by atoms with Gasteiger partial charge in [0, 0.05) is 6.20 Å². The fourth-order valence-electron chi connectivity index (χ4n) is 1.90. The lowest BCUT2D eigenvalue weighted by Crippen LogP contribution is -2.41. The molecular weight excluding hydrogens is 273 g/mol. The van der Waals surface area contributed by atoms with Gasteiger partial charge in [-0.25, -0.2) is 4.79 Å². The molecule has 21 heavy (non-hydrogen) atoms. The predicted octanol–water partition coefficient (Wildman–Crippen LogP) is 2.13. The number of aromatic hydroxyl groups is 1. The maximum atomic E-state index is 10.9. The molecule has 0 aromatic carbocycles. The third-order valence-corrected chi connectivity index (χ3v) is 3.87. The highest BCUT2D eigenvalue weighted by molar-refractivity contribution is 6.52. The number of aromatic carboxylic acids is 1. The van der Waals surface area contributed by atoms with Gasteiger partial charge in [-0.1, -0.05) is 5.98 Å². The topological polar surface area (TPSA) is 88.9 Å². The molecule has 1 aliphatic heterocycles. The Morgan fingerprint density at radius 2 is 1.86 bits per heavy atom. The van der Waals surface area contributed by atoms with E-state index >= 15 is 0 Å². The standard InChI is InChI=1S/C14H18BNO5/c1-13(2)14(3,4)21-15(20-13)7-5-10-11(17)9(12(18)19)6-8-16-10/h5-8,17H,1-4H3,(H,18,19)/b7-5+. The van der Waals surface area contributed by atoms with E-state index in [1.54, 1.807) is 5.98 Å². The summed E-state index contributed by atoms with van der Waals surface area (Å²) in [7, 11) is -0.579. The molecule has 0 radical (unpaired) electrons. The highest BCUT2D eigenvalue weighted by Gasteiger charge is 2.50. The zero-order valence-corrected chi connectivity index (χ0v) is 12.5. The van der Waals surface area contributed by atoms with Crippen LogP contribution in [0.15, 0.2) is 18.2 Å². The van der Waals surface area contributed by atoms with Crippen LogP contribution in [0, 0.1) is 0 Å². The predicted molar refractivity (Wildman–Crippen MR) is 78.0 cm³/mol. The zero-order valence-electron chi connectivity index (χ0n) is 12.5. The molecule has 0 bridgehead atoms. The van der Waals surface area contributed by atoms with Crippen molar-refractivity contribution in [1.29, 1.82) is 0 Å². The number of carboxylic acid groups (broad SMARTS) is 1. The van der Waals surface area contributed by atoms with Crippen LogP contribution in [0.3, 0.4) is 0 Å². The Bertz CT molecular complexity index is 581. The van der Waals surface area contributed by atoms with Gasteiger partial charge in [0.1, 0.15) is 11.3 Å². The summed E-state index contributed by atoms with van der Waals surface area (Å²) < 4.78 is 11.5. The van der Waals surface area contributed by atoms with Crippen LogP contribution in [0.4, 0.5) is 0 Å². The monoisotopic (exact) mass is 291 g/mol. The first-order valence-electron chi connectivity index (χ1n) is 6.59. The molecular formula is C14H18BNO5. The van der Waals surface area contributed by atoms with Gasteiger partial charge in [0.15, 0.2) is 5.75 Å². The van der Waals surface area contributed by atoms with E-state index in [0.717, 1.165) is 0 Å². The van der Waals surface area contributed by atoms with E-state index in [1.165, 1.54) is 18.3 Å². The van der Waals surface area contributed by atoms with Crippen LogP contribution in [-0.2, 0) is 9.31 Å². The van der Waals surface area contributed by atoms with Gasteiger partial charge >= 0.3 is 13.1 Å². The summed E-state index contributed by atoms with van der Waals surface area (Å²) in [5.74, 6) is 0.0161. The molecule has 0 unspecified atom stereocenters. The van der Waals surface area contributed by atoms with E-state index in [-0.39, 0.29) is 17.0 Å². The molecule has 2 rings (SSSR count). The second-order valence-corrected chi connectivity index (χ2v) is 5.88. The maximum Gasteiger partial charge on any atom is 0.487 e. The van der Waals surface area contributed by atoms with Gasteiger partial charge in [0.25, 0.3) is 0 Å².